The second kappa shape index (κ2) is 7.52. The summed E-state index contributed by atoms with van der Waals surface area (Å²) in [5.41, 5.74) is 2.84. The fraction of sp³-hybridized carbons (Fsp3) is 0.136. The molecule has 2 aromatic carbocycles. The highest BCUT2D eigenvalue weighted by Crippen LogP contribution is 2.37. The fourth-order valence-corrected chi connectivity index (χ4v) is 3.29. The van der Waals surface area contributed by atoms with Crippen molar-refractivity contribution in [3.63, 3.8) is 0 Å². The highest BCUT2D eigenvalue weighted by molar-refractivity contribution is 6.05. The lowest BCUT2D eigenvalue weighted by atomic mass is 9.97. The number of hydrogen-bond acceptors (Lipinski definition) is 5. The molecule has 0 saturated heterocycles. The Kier molecular flexibility index (Phi) is 4.76. The van der Waals surface area contributed by atoms with Gasteiger partial charge in [0.05, 0.1) is 18.9 Å². The number of benzene rings is 2. The third kappa shape index (κ3) is 3.32. The number of para-hydroxylation sites is 1. The average molecular weight is 373 g/mol. The number of aromatic nitrogens is 1. The Morgan fingerprint density at radius 2 is 1.79 bits per heavy atom. The molecular weight excluding hydrogens is 354 g/mol. The summed E-state index contributed by atoms with van der Waals surface area (Å²) in [5.74, 6) is 0.662. The highest BCUT2D eigenvalue weighted by Gasteiger charge is 2.35. The van der Waals surface area contributed by atoms with Crippen LogP contribution in [0.25, 0.3) is 0 Å². The van der Waals surface area contributed by atoms with Gasteiger partial charge in [0.2, 0.25) is 0 Å². The predicted molar refractivity (Wildman–Crippen MR) is 105 cm³/mol. The van der Waals surface area contributed by atoms with Gasteiger partial charge in [0.1, 0.15) is 11.5 Å². The number of hydrogen-bond donors (Lipinski definition) is 1. The number of phenolic OH excluding ortho intramolecular Hbond substituents is 1. The van der Waals surface area contributed by atoms with Crippen LogP contribution in [0.1, 0.15) is 33.9 Å². The number of phenols is 1. The van der Waals surface area contributed by atoms with Crippen LogP contribution in [-0.4, -0.2) is 33.8 Å². The van der Waals surface area contributed by atoms with Gasteiger partial charge in [-0.25, -0.2) is 5.01 Å². The Hall–Kier alpha value is -3.67. The van der Waals surface area contributed by atoms with E-state index in [2.05, 4.69) is 10.1 Å². The van der Waals surface area contributed by atoms with Gasteiger partial charge in [-0.05, 0) is 48.0 Å². The number of nitrogens with zero attached hydrogens (tertiary/aromatic N) is 3. The lowest BCUT2D eigenvalue weighted by Gasteiger charge is -2.22. The quantitative estimate of drug-likeness (QED) is 0.755. The molecule has 1 amide bonds. The Morgan fingerprint density at radius 3 is 2.46 bits per heavy atom. The average Bonchev–Trinajstić information content (AvgIpc) is 3.19. The molecule has 0 spiro atoms. The zero-order chi connectivity index (χ0) is 19.5. The molecule has 6 heteroatoms. The van der Waals surface area contributed by atoms with Crippen LogP contribution in [0, 0.1) is 0 Å². The van der Waals surface area contributed by atoms with Crippen molar-refractivity contribution < 1.29 is 14.6 Å². The molecule has 28 heavy (non-hydrogen) atoms. The first-order valence-electron chi connectivity index (χ1n) is 8.91. The first-order valence-corrected chi connectivity index (χ1v) is 8.91. The third-order valence-electron chi connectivity index (χ3n) is 4.76. The summed E-state index contributed by atoms with van der Waals surface area (Å²) < 4.78 is 5.21. The lowest BCUT2D eigenvalue weighted by Crippen LogP contribution is -2.27. The molecule has 1 N–H and O–H groups in total. The summed E-state index contributed by atoms with van der Waals surface area (Å²) in [6, 6.07) is 17.5. The summed E-state index contributed by atoms with van der Waals surface area (Å²) in [6.45, 7) is 0. The number of aromatic hydroxyl groups is 1. The molecule has 0 radical (unpaired) electrons. The summed E-state index contributed by atoms with van der Waals surface area (Å²) in [6.07, 6.45) is 3.65. The first kappa shape index (κ1) is 17.7. The van der Waals surface area contributed by atoms with Gasteiger partial charge in [-0.3, -0.25) is 9.78 Å². The van der Waals surface area contributed by atoms with Crippen molar-refractivity contribution >= 4 is 11.6 Å². The van der Waals surface area contributed by atoms with Crippen LogP contribution in [0.4, 0.5) is 0 Å². The second-order valence-electron chi connectivity index (χ2n) is 6.44. The molecule has 0 unspecified atom stereocenters. The van der Waals surface area contributed by atoms with Crippen molar-refractivity contribution in [2.75, 3.05) is 7.11 Å². The lowest BCUT2D eigenvalue weighted by molar-refractivity contribution is 0.0709. The normalized spacial score (nSPS) is 16.0. The van der Waals surface area contributed by atoms with E-state index in [1.807, 2.05) is 36.4 Å². The van der Waals surface area contributed by atoms with E-state index in [0.29, 0.717) is 17.5 Å². The van der Waals surface area contributed by atoms with Crippen molar-refractivity contribution in [3.8, 4) is 11.5 Å². The maximum Gasteiger partial charge on any atom is 0.274 e. The number of amides is 1. The molecule has 4 rings (SSSR count). The fourth-order valence-electron chi connectivity index (χ4n) is 3.29. The van der Waals surface area contributed by atoms with Gasteiger partial charge in [0, 0.05) is 29.9 Å². The number of ether oxygens (including phenoxy) is 1. The van der Waals surface area contributed by atoms with E-state index < -0.39 is 0 Å². The zero-order valence-corrected chi connectivity index (χ0v) is 15.3. The van der Waals surface area contributed by atoms with Crippen LogP contribution < -0.4 is 4.74 Å². The van der Waals surface area contributed by atoms with Gasteiger partial charge in [-0.15, -0.1) is 0 Å². The summed E-state index contributed by atoms with van der Waals surface area (Å²) >= 11 is 0. The molecule has 0 saturated carbocycles. The molecule has 0 aliphatic carbocycles. The maximum atomic E-state index is 13.1. The zero-order valence-electron chi connectivity index (χ0n) is 15.3. The van der Waals surface area contributed by atoms with E-state index in [-0.39, 0.29) is 17.7 Å². The largest absolute Gasteiger partial charge is 0.508 e. The van der Waals surface area contributed by atoms with Gasteiger partial charge in [-0.1, -0.05) is 18.2 Å². The van der Waals surface area contributed by atoms with E-state index in [1.54, 1.807) is 43.8 Å². The molecule has 0 fully saturated rings. The Morgan fingerprint density at radius 1 is 1.07 bits per heavy atom. The Labute approximate surface area is 162 Å². The molecule has 2 heterocycles. The smallest absolute Gasteiger partial charge is 0.274 e. The van der Waals surface area contributed by atoms with Crippen LogP contribution in [0.5, 0.6) is 11.5 Å². The third-order valence-corrected chi connectivity index (χ3v) is 4.76. The van der Waals surface area contributed by atoms with Crippen molar-refractivity contribution in [1.29, 1.82) is 0 Å². The van der Waals surface area contributed by atoms with Crippen LogP contribution in [0.2, 0.25) is 0 Å². The minimum Gasteiger partial charge on any atom is -0.508 e. The second-order valence-corrected chi connectivity index (χ2v) is 6.44. The Bertz CT molecular complexity index is 1020. The van der Waals surface area contributed by atoms with E-state index >= 15 is 0 Å². The van der Waals surface area contributed by atoms with Gasteiger partial charge in [-0.2, -0.15) is 5.10 Å². The topological polar surface area (TPSA) is 75.0 Å². The first-order chi connectivity index (χ1) is 13.7. The molecular formula is C22H19N3O3. The Balaban J connectivity index is 1.73. The number of carbonyl (C=O) groups excluding carboxylic acids is 1. The van der Waals surface area contributed by atoms with Crippen LogP contribution in [-0.2, 0) is 0 Å². The molecule has 1 aromatic heterocycles. The van der Waals surface area contributed by atoms with E-state index in [1.165, 1.54) is 5.01 Å². The molecule has 1 aliphatic rings. The molecule has 3 aromatic rings. The van der Waals surface area contributed by atoms with Gasteiger partial charge < -0.3 is 9.84 Å². The summed E-state index contributed by atoms with van der Waals surface area (Å²) in [4.78, 5) is 17.1. The van der Waals surface area contributed by atoms with Gasteiger partial charge in [0.25, 0.3) is 5.91 Å². The van der Waals surface area contributed by atoms with Crippen LogP contribution >= 0.6 is 0 Å². The van der Waals surface area contributed by atoms with E-state index in [9.17, 15) is 9.90 Å². The highest BCUT2D eigenvalue weighted by atomic mass is 16.5. The summed E-state index contributed by atoms with van der Waals surface area (Å²) in [5, 5.41) is 16.4. The molecule has 1 aliphatic heterocycles. The van der Waals surface area contributed by atoms with E-state index in [4.69, 9.17) is 4.74 Å². The molecule has 0 bridgehead atoms. The maximum absolute atomic E-state index is 13.1. The minimum atomic E-state index is -0.390. The number of rotatable bonds is 4. The van der Waals surface area contributed by atoms with Crippen molar-refractivity contribution in [2.24, 2.45) is 5.10 Å². The molecule has 1 atom stereocenters. The predicted octanol–water partition coefficient (Wildman–Crippen LogP) is 3.79. The number of carbonyl (C=O) groups is 1. The molecule has 6 nitrogen and oxygen atoms in total. The number of hydrazone groups is 1. The van der Waals surface area contributed by atoms with Crippen molar-refractivity contribution in [3.05, 3.63) is 89.7 Å². The monoisotopic (exact) mass is 373 g/mol. The van der Waals surface area contributed by atoms with E-state index in [0.717, 1.165) is 17.0 Å². The standard InChI is InChI=1S/C22H19N3O3/c1-28-17-8-6-15(7-9-17)19-14-20(18-4-2-3-5-21(18)26)25(24-19)22(27)16-10-12-23-13-11-16/h2-13,20,26H,14H2,1H3/t20-/m1/s1. The SMILES string of the molecule is COc1ccc(C2=NN(C(=O)c3ccncc3)[C@@H](c3ccccc3O)C2)cc1. The van der Waals surface area contributed by atoms with Crippen molar-refractivity contribution in [1.82, 2.24) is 9.99 Å². The summed E-state index contributed by atoms with van der Waals surface area (Å²) in [7, 11) is 1.62. The van der Waals surface area contributed by atoms with Crippen LogP contribution in [0.3, 0.4) is 0 Å². The molecule has 140 valence electrons. The minimum absolute atomic E-state index is 0.145. The van der Waals surface area contributed by atoms with Gasteiger partial charge in [0.15, 0.2) is 0 Å². The van der Waals surface area contributed by atoms with Crippen LogP contribution in [0.15, 0.2) is 78.2 Å². The van der Waals surface area contributed by atoms with Gasteiger partial charge >= 0.3 is 0 Å². The van der Waals surface area contributed by atoms with Crippen molar-refractivity contribution in [2.45, 2.75) is 12.5 Å². The number of methoxy groups -OCH3 is 1. The number of pyridine rings is 1.